The minimum Gasteiger partial charge on any atom is -0.459 e. The Morgan fingerprint density at radius 2 is 0.882 bits per heavy atom. The van der Waals surface area contributed by atoms with E-state index in [9.17, 15) is 0 Å². The van der Waals surface area contributed by atoms with E-state index in [-0.39, 0.29) is 0 Å². The van der Waals surface area contributed by atoms with E-state index in [0.29, 0.717) is 0 Å². The van der Waals surface area contributed by atoms with Gasteiger partial charge in [-0.25, -0.2) is 0 Å². The van der Waals surface area contributed by atoms with Gasteiger partial charge >= 0.3 is 0 Å². The first-order valence-corrected chi connectivity index (χ1v) is 12.6. The smallest absolute Gasteiger partial charge is 0.135 e. The van der Waals surface area contributed by atoms with Crippen molar-refractivity contribution in [1.29, 1.82) is 0 Å². The lowest BCUT2D eigenvalue weighted by atomic mass is 9.98. The van der Waals surface area contributed by atoms with Gasteiger partial charge in [0.15, 0.2) is 0 Å². The van der Waals surface area contributed by atoms with Gasteiger partial charge < -0.3 is 8.83 Å². The maximum Gasteiger partial charge on any atom is 0.135 e. The summed E-state index contributed by atoms with van der Waals surface area (Å²) in [4.78, 5) is 5.05. The zero-order valence-electron chi connectivity index (χ0n) is 22.1. The average molecular weight is 459 g/mol. The van der Waals surface area contributed by atoms with Crippen LogP contribution in [0.1, 0.15) is 56.0 Å². The molecule has 34 heavy (non-hydrogen) atoms. The van der Waals surface area contributed by atoms with Crippen LogP contribution in [0.25, 0.3) is 21.9 Å². The van der Waals surface area contributed by atoms with E-state index in [4.69, 9.17) is 8.83 Å². The monoisotopic (exact) mass is 458 g/mol. The molecule has 0 saturated carbocycles. The summed E-state index contributed by atoms with van der Waals surface area (Å²) in [6, 6.07) is 4.40. The van der Waals surface area contributed by atoms with E-state index in [1.807, 2.05) is 0 Å². The van der Waals surface area contributed by atoms with Gasteiger partial charge in [-0.2, -0.15) is 0 Å². The molecule has 0 aliphatic carbocycles. The summed E-state index contributed by atoms with van der Waals surface area (Å²) in [5.74, 6) is 2.23. The average Bonchev–Trinajstić information content (AvgIpc) is 3.27. The molecule has 3 heterocycles. The number of aryl methyl sites for hydroxylation is 6. The van der Waals surface area contributed by atoms with Crippen molar-refractivity contribution in [3.8, 4) is 0 Å². The zero-order valence-corrected chi connectivity index (χ0v) is 22.1. The summed E-state index contributed by atoms with van der Waals surface area (Å²) in [5.41, 5.74) is 12.7. The fraction of sp³-hybridized carbons (Fsp3) is 0.467. The third kappa shape index (κ3) is 3.77. The molecule has 2 aromatic heterocycles. The highest BCUT2D eigenvalue weighted by Crippen LogP contribution is 2.34. The van der Waals surface area contributed by atoms with E-state index in [1.54, 1.807) is 0 Å². The standard InChI is InChI=1S/C30H38N2O2/c1-17-13-25-29(21(5)19(17)3)23(7)27(33-25)15-31-9-11-32(12-10-31)16-28-24(8)30-22(6)20(4)18(2)14-26(30)34-28/h13-14H,9-12,15-16H2,1-8H3. The SMILES string of the molecule is Cc1cc2oc(CN3CCN(Cc4oc5cc(C)c(C)c(C)c5c4C)CC3)c(C)c2c(C)c1C. The molecule has 0 spiro atoms. The second-order valence-corrected chi connectivity index (χ2v) is 10.5. The van der Waals surface area contributed by atoms with Crippen molar-refractivity contribution >= 4 is 21.9 Å². The van der Waals surface area contributed by atoms with Crippen LogP contribution in [0.5, 0.6) is 0 Å². The summed E-state index contributed by atoms with van der Waals surface area (Å²) in [6.07, 6.45) is 0. The van der Waals surface area contributed by atoms with E-state index >= 15 is 0 Å². The van der Waals surface area contributed by atoms with Crippen LogP contribution in [0.4, 0.5) is 0 Å². The Labute approximate surface area is 203 Å². The Balaban J connectivity index is 1.28. The Morgan fingerprint density at radius 1 is 0.529 bits per heavy atom. The van der Waals surface area contributed by atoms with Crippen molar-refractivity contribution in [3.05, 3.63) is 68.2 Å². The maximum absolute atomic E-state index is 6.35. The molecule has 4 heteroatoms. The van der Waals surface area contributed by atoms with Crippen molar-refractivity contribution in [2.75, 3.05) is 26.2 Å². The Bertz CT molecular complexity index is 1290. The molecular weight excluding hydrogens is 420 g/mol. The lowest BCUT2D eigenvalue weighted by molar-refractivity contribution is 0.111. The summed E-state index contributed by atoms with van der Waals surface area (Å²) in [6.45, 7) is 23.6. The summed E-state index contributed by atoms with van der Waals surface area (Å²) < 4.78 is 12.7. The molecule has 0 amide bonds. The van der Waals surface area contributed by atoms with Gasteiger partial charge in [0, 0.05) is 37.0 Å². The van der Waals surface area contributed by atoms with Crippen LogP contribution in [0.2, 0.25) is 0 Å². The lowest BCUT2D eigenvalue weighted by Gasteiger charge is -2.34. The quantitative estimate of drug-likeness (QED) is 0.331. The van der Waals surface area contributed by atoms with Crippen LogP contribution >= 0.6 is 0 Å². The fourth-order valence-corrected chi connectivity index (χ4v) is 5.69. The van der Waals surface area contributed by atoms with Gasteiger partial charge in [-0.1, -0.05) is 0 Å². The molecule has 0 N–H and O–H groups in total. The van der Waals surface area contributed by atoms with Gasteiger partial charge in [-0.15, -0.1) is 0 Å². The third-order valence-electron chi connectivity index (χ3n) is 8.50. The molecular formula is C30H38N2O2. The minimum atomic E-state index is 0.882. The predicted octanol–water partition coefficient (Wildman–Crippen LogP) is 6.96. The second-order valence-electron chi connectivity index (χ2n) is 10.5. The normalized spacial score (nSPS) is 15.8. The molecule has 4 nitrogen and oxygen atoms in total. The lowest BCUT2D eigenvalue weighted by Crippen LogP contribution is -2.45. The molecule has 1 aliphatic heterocycles. The summed E-state index contributed by atoms with van der Waals surface area (Å²) in [5, 5.41) is 2.61. The van der Waals surface area contributed by atoms with Crippen molar-refractivity contribution < 1.29 is 8.83 Å². The molecule has 4 aromatic rings. The maximum atomic E-state index is 6.35. The Kier molecular flexibility index (Phi) is 5.86. The first-order valence-electron chi connectivity index (χ1n) is 12.6. The van der Waals surface area contributed by atoms with Crippen LogP contribution in [0.15, 0.2) is 21.0 Å². The van der Waals surface area contributed by atoms with Crippen LogP contribution in [-0.4, -0.2) is 36.0 Å². The molecule has 1 aliphatic rings. The van der Waals surface area contributed by atoms with Gasteiger partial charge in [-0.05, 0) is 112 Å². The molecule has 1 fully saturated rings. The molecule has 0 radical (unpaired) electrons. The van der Waals surface area contributed by atoms with Gasteiger partial charge in [0.1, 0.15) is 22.7 Å². The number of hydrogen-bond donors (Lipinski definition) is 0. The molecule has 1 saturated heterocycles. The van der Waals surface area contributed by atoms with Crippen LogP contribution in [-0.2, 0) is 13.1 Å². The highest BCUT2D eigenvalue weighted by atomic mass is 16.3. The largest absolute Gasteiger partial charge is 0.459 e. The predicted molar refractivity (Wildman–Crippen MR) is 141 cm³/mol. The topological polar surface area (TPSA) is 32.8 Å². The highest BCUT2D eigenvalue weighted by molar-refractivity contribution is 5.88. The molecule has 5 rings (SSSR count). The van der Waals surface area contributed by atoms with E-state index in [1.165, 1.54) is 55.3 Å². The first kappa shape index (κ1) is 23.2. The van der Waals surface area contributed by atoms with E-state index in [2.05, 4.69) is 77.3 Å². The van der Waals surface area contributed by atoms with Crippen molar-refractivity contribution in [2.45, 2.75) is 68.5 Å². The van der Waals surface area contributed by atoms with E-state index < -0.39 is 0 Å². The first-order chi connectivity index (χ1) is 16.2. The fourth-order valence-electron chi connectivity index (χ4n) is 5.69. The minimum absolute atomic E-state index is 0.882. The highest BCUT2D eigenvalue weighted by Gasteiger charge is 2.23. The number of fused-ring (bicyclic) bond motifs is 2. The molecule has 0 atom stereocenters. The molecule has 0 bridgehead atoms. The zero-order chi connectivity index (χ0) is 24.3. The van der Waals surface area contributed by atoms with Crippen LogP contribution < -0.4 is 0 Å². The van der Waals surface area contributed by atoms with Crippen LogP contribution in [0.3, 0.4) is 0 Å². The summed E-state index contributed by atoms with van der Waals surface area (Å²) in [7, 11) is 0. The summed E-state index contributed by atoms with van der Waals surface area (Å²) >= 11 is 0. The molecule has 0 unspecified atom stereocenters. The van der Waals surface area contributed by atoms with Crippen molar-refractivity contribution in [3.63, 3.8) is 0 Å². The number of rotatable bonds is 4. The number of furan rings is 2. The molecule has 180 valence electrons. The second kappa shape index (κ2) is 8.58. The Hall–Kier alpha value is -2.56. The Morgan fingerprint density at radius 3 is 1.24 bits per heavy atom. The van der Waals surface area contributed by atoms with Crippen molar-refractivity contribution in [1.82, 2.24) is 9.80 Å². The number of hydrogen-bond acceptors (Lipinski definition) is 4. The third-order valence-corrected chi connectivity index (χ3v) is 8.50. The van der Waals surface area contributed by atoms with Gasteiger partial charge in [0.25, 0.3) is 0 Å². The van der Waals surface area contributed by atoms with E-state index in [0.717, 1.165) is 62.0 Å². The number of piperazine rings is 1. The van der Waals surface area contributed by atoms with Crippen LogP contribution in [0, 0.1) is 55.4 Å². The number of benzene rings is 2. The number of nitrogens with zero attached hydrogens (tertiary/aromatic N) is 2. The molecule has 2 aromatic carbocycles. The van der Waals surface area contributed by atoms with Gasteiger partial charge in [0.05, 0.1) is 13.1 Å². The van der Waals surface area contributed by atoms with Crippen molar-refractivity contribution in [2.24, 2.45) is 0 Å². The van der Waals surface area contributed by atoms with Gasteiger partial charge in [0.2, 0.25) is 0 Å². The van der Waals surface area contributed by atoms with Gasteiger partial charge in [-0.3, -0.25) is 9.80 Å².